The van der Waals surface area contributed by atoms with Crippen molar-refractivity contribution in [1.82, 2.24) is 0 Å². The van der Waals surface area contributed by atoms with E-state index in [2.05, 4.69) is 13.8 Å². The molecule has 0 aromatic heterocycles. The molecule has 440 valence electrons. The third-order valence-corrected chi connectivity index (χ3v) is 16.2. The molecule has 1 rings (SSSR count). The van der Waals surface area contributed by atoms with Gasteiger partial charge in [0, 0.05) is 12.8 Å². The molecule has 1 fully saturated rings. The molecule has 0 aromatic carbocycles. The van der Waals surface area contributed by atoms with E-state index in [9.17, 15) is 44.6 Å². The third-order valence-electron chi connectivity index (χ3n) is 15.2. The van der Waals surface area contributed by atoms with Crippen molar-refractivity contribution >= 4 is 19.8 Å². The van der Waals surface area contributed by atoms with E-state index in [4.69, 9.17) is 18.5 Å². The first-order valence-electron chi connectivity index (χ1n) is 31.3. The van der Waals surface area contributed by atoms with Crippen molar-refractivity contribution in [2.45, 2.75) is 358 Å². The molecule has 0 aromatic rings. The van der Waals surface area contributed by atoms with Gasteiger partial charge in [0.05, 0.1) is 6.61 Å². The lowest BCUT2D eigenvalue weighted by Gasteiger charge is -2.41. The zero-order chi connectivity index (χ0) is 54.2. The second kappa shape index (κ2) is 50.1. The van der Waals surface area contributed by atoms with Gasteiger partial charge in [-0.25, -0.2) is 4.57 Å². The molecule has 6 unspecified atom stereocenters. The highest BCUT2D eigenvalue weighted by Crippen LogP contribution is 2.47. The molecule has 0 bridgehead atoms. The molecule has 0 amide bonds. The minimum absolute atomic E-state index is 0.106. The predicted octanol–water partition coefficient (Wildman–Crippen LogP) is 15.1. The zero-order valence-electron chi connectivity index (χ0n) is 47.7. The van der Waals surface area contributed by atoms with E-state index >= 15 is 0 Å². The summed E-state index contributed by atoms with van der Waals surface area (Å²) in [6.45, 7) is 3.39. The summed E-state index contributed by atoms with van der Waals surface area (Å²) in [6.07, 6.45) is 44.4. The van der Waals surface area contributed by atoms with Gasteiger partial charge in [-0.05, 0) is 12.8 Å². The van der Waals surface area contributed by atoms with E-state index in [0.717, 1.165) is 38.5 Å². The molecular weight excluding hydrogens is 960 g/mol. The number of carbonyl (C=O) groups is 2. The fourth-order valence-corrected chi connectivity index (χ4v) is 11.2. The molecule has 14 heteroatoms. The largest absolute Gasteiger partial charge is 0.472 e. The van der Waals surface area contributed by atoms with E-state index < -0.39 is 75.7 Å². The Hall–Kier alpha value is -1.15. The van der Waals surface area contributed by atoms with Crippen LogP contribution >= 0.6 is 7.82 Å². The van der Waals surface area contributed by atoms with Crippen molar-refractivity contribution in [3.63, 3.8) is 0 Å². The number of aliphatic hydroxyl groups excluding tert-OH is 5. The summed E-state index contributed by atoms with van der Waals surface area (Å²) in [5.41, 5.74) is 0. The van der Waals surface area contributed by atoms with E-state index in [1.165, 1.54) is 238 Å². The maximum Gasteiger partial charge on any atom is 0.472 e. The first-order valence-corrected chi connectivity index (χ1v) is 32.8. The highest BCUT2D eigenvalue weighted by Gasteiger charge is 2.51. The Kier molecular flexibility index (Phi) is 48.0. The minimum Gasteiger partial charge on any atom is -0.462 e. The fraction of sp³-hybridized carbons (Fsp3) is 0.967. The number of hydrogen-bond acceptors (Lipinski definition) is 12. The standard InChI is InChI=1S/C60H117O13P/c1-3-5-7-9-11-13-15-17-19-21-23-25-27-29-31-33-35-37-39-41-43-45-47-49-54(62)72-52(51-71-74(68,69)73-60-58(66)56(64)55(63)57(65)59(60)67)50-70-53(61)48-46-44-42-40-38-36-34-32-30-28-26-24-22-20-18-16-14-12-10-8-6-4-2/h52,55-60,63-67H,3-51H2,1-2H3,(H,68,69). The van der Waals surface area contributed by atoms with Gasteiger partial charge in [0.25, 0.3) is 0 Å². The highest BCUT2D eigenvalue weighted by molar-refractivity contribution is 7.47. The van der Waals surface area contributed by atoms with Crippen LogP contribution in [0.25, 0.3) is 0 Å². The summed E-state index contributed by atoms with van der Waals surface area (Å²) in [6, 6.07) is 0. The van der Waals surface area contributed by atoms with Gasteiger partial charge in [0.2, 0.25) is 0 Å². The maximum atomic E-state index is 12.9. The lowest BCUT2D eigenvalue weighted by molar-refractivity contribution is -0.220. The van der Waals surface area contributed by atoms with Crippen LogP contribution in [0.2, 0.25) is 0 Å². The Labute approximate surface area is 452 Å². The van der Waals surface area contributed by atoms with Gasteiger partial charge < -0.3 is 39.9 Å². The Balaban J connectivity index is 2.27. The second-order valence-corrected chi connectivity index (χ2v) is 23.7. The first-order chi connectivity index (χ1) is 35.9. The second-order valence-electron chi connectivity index (χ2n) is 22.3. The van der Waals surface area contributed by atoms with Crippen LogP contribution in [0.4, 0.5) is 0 Å². The topological polar surface area (TPSA) is 210 Å². The van der Waals surface area contributed by atoms with Gasteiger partial charge >= 0.3 is 19.8 Å². The lowest BCUT2D eigenvalue weighted by atomic mass is 9.85. The van der Waals surface area contributed by atoms with E-state index in [1.54, 1.807) is 0 Å². The molecule has 0 heterocycles. The molecule has 0 aliphatic heterocycles. The van der Waals surface area contributed by atoms with Crippen molar-refractivity contribution < 1.29 is 63.1 Å². The van der Waals surface area contributed by atoms with E-state index in [1.807, 2.05) is 0 Å². The summed E-state index contributed by atoms with van der Waals surface area (Å²) in [5.74, 6) is -1.07. The molecule has 6 atom stereocenters. The number of phosphoric acid groups is 1. The SMILES string of the molecule is CCCCCCCCCCCCCCCCCCCCCCCCCC(=O)OC(COC(=O)CCCCCCCCCCCCCCCCCCCCCCCC)COP(=O)(O)OC1C(O)C(O)C(O)C(O)C1O. The molecule has 1 saturated carbocycles. The van der Waals surface area contributed by atoms with Crippen LogP contribution in [0.1, 0.15) is 316 Å². The molecule has 0 radical (unpaired) electrons. The Morgan fingerprint density at radius 3 is 0.892 bits per heavy atom. The summed E-state index contributed by atoms with van der Waals surface area (Å²) in [5, 5.41) is 50.5. The predicted molar refractivity (Wildman–Crippen MR) is 300 cm³/mol. The molecule has 1 aliphatic rings. The first kappa shape index (κ1) is 70.9. The normalized spacial score (nSPS) is 20.2. The zero-order valence-corrected chi connectivity index (χ0v) is 48.6. The van der Waals surface area contributed by atoms with Crippen molar-refractivity contribution in [2.24, 2.45) is 0 Å². The van der Waals surface area contributed by atoms with Gasteiger partial charge in [-0.3, -0.25) is 18.6 Å². The number of carbonyl (C=O) groups excluding carboxylic acids is 2. The maximum absolute atomic E-state index is 12.9. The molecule has 0 saturated heterocycles. The average Bonchev–Trinajstić information content (AvgIpc) is 3.38. The van der Waals surface area contributed by atoms with E-state index in [-0.39, 0.29) is 12.8 Å². The number of esters is 2. The van der Waals surface area contributed by atoms with Crippen LogP contribution in [0.5, 0.6) is 0 Å². The molecule has 1 aliphatic carbocycles. The number of phosphoric ester groups is 1. The van der Waals surface area contributed by atoms with Gasteiger partial charge in [-0.1, -0.05) is 290 Å². The van der Waals surface area contributed by atoms with Crippen molar-refractivity contribution in [1.29, 1.82) is 0 Å². The summed E-state index contributed by atoms with van der Waals surface area (Å²) >= 11 is 0. The van der Waals surface area contributed by atoms with Crippen molar-refractivity contribution in [3.05, 3.63) is 0 Å². The van der Waals surface area contributed by atoms with Crippen LogP contribution in [0.15, 0.2) is 0 Å². The van der Waals surface area contributed by atoms with Gasteiger partial charge in [0.1, 0.15) is 43.2 Å². The van der Waals surface area contributed by atoms with Gasteiger partial charge in [0.15, 0.2) is 6.10 Å². The Morgan fingerprint density at radius 2 is 0.608 bits per heavy atom. The monoisotopic (exact) mass is 1080 g/mol. The quantitative estimate of drug-likeness (QED) is 0.0190. The van der Waals surface area contributed by atoms with Crippen molar-refractivity contribution in [2.75, 3.05) is 13.2 Å². The number of aliphatic hydroxyl groups is 5. The smallest absolute Gasteiger partial charge is 0.462 e. The molecule has 0 spiro atoms. The van der Waals surface area contributed by atoms with Gasteiger partial charge in [-0.15, -0.1) is 0 Å². The van der Waals surface area contributed by atoms with Gasteiger partial charge in [-0.2, -0.15) is 0 Å². The number of rotatable bonds is 55. The lowest BCUT2D eigenvalue weighted by Crippen LogP contribution is -2.64. The van der Waals surface area contributed by atoms with Crippen LogP contribution in [-0.2, 0) is 32.7 Å². The summed E-state index contributed by atoms with van der Waals surface area (Å²) in [7, 11) is -5.12. The Morgan fingerprint density at radius 1 is 0.365 bits per heavy atom. The number of hydrogen-bond donors (Lipinski definition) is 6. The fourth-order valence-electron chi connectivity index (χ4n) is 10.2. The van der Waals surface area contributed by atoms with Crippen LogP contribution in [0, 0.1) is 0 Å². The minimum atomic E-state index is -5.12. The molecular formula is C60H117O13P. The number of ether oxygens (including phenoxy) is 2. The van der Waals surface area contributed by atoms with Crippen LogP contribution < -0.4 is 0 Å². The van der Waals surface area contributed by atoms with Crippen LogP contribution in [0.3, 0.4) is 0 Å². The third kappa shape index (κ3) is 41.0. The highest BCUT2D eigenvalue weighted by atomic mass is 31.2. The average molecular weight is 1080 g/mol. The number of unbranched alkanes of at least 4 members (excludes halogenated alkanes) is 43. The van der Waals surface area contributed by atoms with Crippen molar-refractivity contribution in [3.8, 4) is 0 Å². The summed E-state index contributed by atoms with van der Waals surface area (Å²) in [4.78, 5) is 36.0. The van der Waals surface area contributed by atoms with E-state index in [0.29, 0.717) is 12.8 Å². The molecule has 74 heavy (non-hydrogen) atoms. The Bertz CT molecular complexity index is 1290. The van der Waals surface area contributed by atoms with Crippen LogP contribution in [-0.4, -0.2) is 98.3 Å². The molecule has 13 nitrogen and oxygen atoms in total. The summed E-state index contributed by atoms with van der Waals surface area (Å²) < 4.78 is 33.8. The molecule has 6 N–H and O–H groups in total.